The van der Waals surface area contributed by atoms with E-state index >= 15 is 0 Å². The van der Waals surface area contributed by atoms with E-state index in [4.69, 9.17) is 0 Å². The molecule has 0 unspecified atom stereocenters. The first-order valence-electron chi connectivity index (χ1n) is 6.96. The van der Waals surface area contributed by atoms with Gasteiger partial charge in [0.05, 0.1) is 0 Å². The molecule has 2 rings (SSSR count). The van der Waals surface area contributed by atoms with Crippen molar-refractivity contribution in [2.75, 3.05) is 6.54 Å². The van der Waals surface area contributed by atoms with Crippen molar-refractivity contribution in [2.24, 2.45) is 11.3 Å². The maximum absolute atomic E-state index is 3.71. The molecule has 0 saturated heterocycles. The molecule has 0 bridgehead atoms. The molecule has 0 atom stereocenters. The Morgan fingerprint density at radius 1 is 1.07 bits per heavy atom. The topological polar surface area (TPSA) is 12.0 Å². The fourth-order valence-electron chi connectivity index (χ4n) is 3.41. The molecule has 15 heavy (non-hydrogen) atoms. The molecular weight excluding hydrogens is 182 g/mol. The van der Waals surface area contributed by atoms with Gasteiger partial charge in [0.15, 0.2) is 0 Å². The minimum atomic E-state index is 0.656. The van der Waals surface area contributed by atoms with Crippen LogP contribution in [0.15, 0.2) is 0 Å². The van der Waals surface area contributed by atoms with Crippen molar-refractivity contribution in [1.82, 2.24) is 5.32 Å². The molecule has 0 radical (unpaired) electrons. The molecule has 88 valence electrons. The second-order valence-electron chi connectivity index (χ2n) is 6.09. The molecule has 0 aromatic heterocycles. The predicted octanol–water partition coefficient (Wildman–Crippen LogP) is 3.74. The summed E-state index contributed by atoms with van der Waals surface area (Å²) in [6.07, 6.45) is 12.0. The summed E-state index contributed by atoms with van der Waals surface area (Å²) in [4.78, 5) is 0. The van der Waals surface area contributed by atoms with Crippen LogP contribution in [0.3, 0.4) is 0 Å². The van der Waals surface area contributed by atoms with Crippen molar-refractivity contribution in [1.29, 1.82) is 0 Å². The molecule has 2 fully saturated rings. The molecule has 2 saturated carbocycles. The van der Waals surface area contributed by atoms with Crippen molar-refractivity contribution >= 4 is 0 Å². The van der Waals surface area contributed by atoms with Gasteiger partial charge in [0.1, 0.15) is 0 Å². The summed E-state index contributed by atoms with van der Waals surface area (Å²) in [6, 6.07) is 0.656. The van der Waals surface area contributed by atoms with Crippen LogP contribution in [0.4, 0.5) is 0 Å². The highest BCUT2D eigenvalue weighted by Crippen LogP contribution is 2.50. The molecule has 0 aromatic carbocycles. The van der Waals surface area contributed by atoms with E-state index in [0.29, 0.717) is 11.5 Å². The highest BCUT2D eigenvalue weighted by molar-refractivity contribution is 4.94. The van der Waals surface area contributed by atoms with E-state index in [9.17, 15) is 0 Å². The Morgan fingerprint density at radius 3 is 2.20 bits per heavy atom. The Labute approximate surface area is 95.0 Å². The van der Waals surface area contributed by atoms with Crippen LogP contribution in [0.1, 0.15) is 65.2 Å². The van der Waals surface area contributed by atoms with Gasteiger partial charge in [0.25, 0.3) is 0 Å². The zero-order chi connectivity index (χ0) is 10.7. The molecule has 0 aromatic rings. The van der Waals surface area contributed by atoms with Crippen LogP contribution in [-0.2, 0) is 0 Å². The molecule has 0 heterocycles. The zero-order valence-corrected chi connectivity index (χ0v) is 10.5. The van der Waals surface area contributed by atoms with Gasteiger partial charge in [0.2, 0.25) is 0 Å². The van der Waals surface area contributed by atoms with Gasteiger partial charge in [-0.3, -0.25) is 0 Å². The molecule has 0 aliphatic heterocycles. The third-order valence-electron chi connectivity index (χ3n) is 4.68. The van der Waals surface area contributed by atoms with Crippen molar-refractivity contribution in [3.05, 3.63) is 0 Å². The minimum Gasteiger partial charge on any atom is -0.314 e. The lowest BCUT2D eigenvalue weighted by Gasteiger charge is -2.48. The van der Waals surface area contributed by atoms with E-state index in [-0.39, 0.29) is 0 Å². The lowest BCUT2D eigenvalue weighted by molar-refractivity contribution is 0.0390. The summed E-state index contributed by atoms with van der Waals surface area (Å²) in [5.74, 6) is 1.06. The van der Waals surface area contributed by atoms with Crippen LogP contribution in [-0.4, -0.2) is 12.6 Å². The molecule has 0 spiro atoms. The molecule has 0 amide bonds. The SMILES string of the molecule is CC(C)NCC1(C2CCC2)CCCCC1. The summed E-state index contributed by atoms with van der Waals surface area (Å²) in [7, 11) is 0. The van der Waals surface area contributed by atoms with Gasteiger partial charge in [-0.15, -0.1) is 0 Å². The second-order valence-corrected chi connectivity index (χ2v) is 6.09. The Balaban J connectivity index is 1.93. The Morgan fingerprint density at radius 2 is 1.73 bits per heavy atom. The third kappa shape index (κ3) is 2.55. The molecule has 2 aliphatic carbocycles. The van der Waals surface area contributed by atoms with Crippen LogP contribution in [0, 0.1) is 11.3 Å². The fourth-order valence-corrected chi connectivity index (χ4v) is 3.41. The number of hydrogen-bond acceptors (Lipinski definition) is 1. The smallest absolute Gasteiger partial charge is 0.00128 e. The van der Waals surface area contributed by atoms with Crippen molar-refractivity contribution in [3.63, 3.8) is 0 Å². The Kier molecular flexibility index (Phi) is 3.71. The quantitative estimate of drug-likeness (QED) is 0.744. The molecular formula is C14H27N. The van der Waals surface area contributed by atoms with Crippen LogP contribution in [0.5, 0.6) is 0 Å². The normalized spacial score (nSPS) is 26.6. The van der Waals surface area contributed by atoms with E-state index in [1.165, 1.54) is 57.9 Å². The van der Waals surface area contributed by atoms with Crippen LogP contribution in [0.25, 0.3) is 0 Å². The summed E-state index contributed by atoms with van der Waals surface area (Å²) in [5, 5.41) is 3.71. The van der Waals surface area contributed by atoms with E-state index in [1.807, 2.05) is 0 Å². The van der Waals surface area contributed by atoms with Gasteiger partial charge in [-0.05, 0) is 37.0 Å². The number of nitrogens with one attached hydrogen (secondary N) is 1. The van der Waals surface area contributed by atoms with Gasteiger partial charge in [-0.25, -0.2) is 0 Å². The first-order chi connectivity index (χ1) is 7.23. The van der Waals surface area contributed by atoms with E-state index in [0.717, 1.165) is 5.92 Å². The van der Waals surface area contributed by atoms with Gasteiger partial charge in [-0.2, -0.15) is 0 Å². The predicted molar refractivity (Wildman–Crippen MR) is 66.0 cm³/mol. The van der Waals surface area contributed by atoms with Crippen LogP contribution < -0.4 is 5.32 Å². The summed E-state index contributed by atoms with van der Waals surface area (Å²) in [6.45, 7) is 5.84. The zero-order valence-electron chi connectivity index (χ0n) is 10.5. The van der Waals surface area contributed by atoms with Crippen LogP contribution in [0.2, 0.25) is 0 Å². The van der Waals surface area contributed by atoms with E-state index in [1.54, 1.807) is 0 Å². The maximum Gasteiger partial charge on any atom is 0.00128 e. The highest BCUT2D eigenvalue weighted by Gasteiger charge is 2.41. The average Bonchev–Trinajstić information content (AvgIpc) is 2.14. The fraction of sp³-hybridized carbons (Fsp3) is 1.00. The molecule has 1 nitrogen and oxygen atoms in total. The van der Waals surface area contributed by atoms with Crippen molar-refractivity contribution in [2.45, 2.75) is 71.3 Å². The highest BCUT2D eigenvalue weighted by atomic mass is 14.9. The van der Waals surface area contributed by atoms with Gasteiger partial charge in [-0.1, -0.05) is 39.5 Å². The monoisotopic (exact) mass is 209 g/mol. The van der Waals surface area contributed by atoms with E-state index in [2.05, 4.69) is 19.2 Å². The summed E-state index contributed by atoms with van der Waals surface area (Å²) < 4.78 is 0. The maximum atomic E-state index is 3.71. The van der Waals surface area contributed by atoms with Crippen molar-refractivity contribution in [3.8, 4) is 0 Å². The second kappa shape index (κ2) is 4.86. The first-order valence-corrected chi connectivity index (χ1v) is 6.96. The molecule has 1 heteroatoms. The number of hydrogen-bond donors (Lipinski definition) is 1. The van der Waals surface area contributed by atoms with E-state index < -0.39 is 0 Å². The molecule has 2 aliphatic rings. The average molecular weight is 209 g/mol. The van der Waals surface area contributed by atoms with Crippen LogP contribution >= 0.6 is 0 Å². The van der Waals surface area contributed by atoms with Gasteiger partial charge >= 0.3 is 0 Å². The lowest BCUT2D eigenvalue weighted by Crippen LogP contribution is -2.46. The Hall–Kier alpha value is -0.0400. The van der Waals surface area contributed by atoms with Crippen molar-refractivity contribution < 1.29 is 0 Å². The van der Waals surface area contributed by atoms with Gasteiger partial charge in [0, 0.05) is 12.6 Å². The number of rotatable bonds is 4. The summed E-state index contributed by atoms with van der Waals surface area (Å²) in [5.41, 5.74) is 0.695. The Bertz CT molecular complexity index is 188. The van der Waals surface area contributed by atoms with Gasteiger partial charge < -0.3 is 5.32 Å². The standard InChI is InChI=1S/C14H27N/c1-12(2)15-11-14(13-7-6-8-13)9-4-3-5-10-14/h12-13,15H,3-11H2,1-2H3. The molecule has 1 N–H and O–H groups in total. The summed E-state index contributed by atoms with van der Waals surface area (Å²) >= 11 is 0. The minimum absolute atomic E-state index is 0.656. The third-order valence-corrected chi connectivity index (χ3v) is 4.68. The lowest BCUT2D eigenvalue weighted by atomic mass is 9.59. The first kappa shape index (κ1) is 11.4. The largest absolute Gasteiger partial charge is 0.314 e.